The van der Waals surface area contributed by atoms with E-state index in [4.69, 9.17) is 4.74 Å². The van der Waals surface area contributed by atoms with Gasteiger partial charge >= 0.3 is 0 Å². The van der Waals surface area contributed by atoms with Crippen molar-refractivity contribution in [3.8, 4) is 5.75 Å². The van der Waals surface area contributed by atoms with Crippen LogP contribution in [-0.2, 0) is 11.3 Å². The molecule has 0 unspecified atom stereocenters. The molecular weight excluding hydrogens is 432 g/mol. The third-order valence-electron chi connectivity index (χ3n) is 4.41. The van der Waals surface area contributed by atoms with Crippen molar-refractivity contribution in [1.29, 1.82) is 0 Å². The summed E-state index contributed by atoms with van der Waals surface area (Å²) < 4.78 is 8.07. The Labute approximate surface area is 168 Å². The van der Waals surface area contributed by atoms with Crippen molar-refractivity contribution in [3.05, 3.63) is 44.6 Å². The standard InChI is InChI=1S/C18H17BrN4O3S/c1-9-6-23-14(10(2)20-18(23)27-9)7-22(3)17(25)11-4-15-13(5-12(11)19)21-16(24)8-26-15/h4-6H,7-8H2,1-3H3,(H,21,24). The van der Waals surface area contributed by atoms with Crippen molar-refractivity contribution in [2.24, 2.45) is 0 Å². The number of anilines is 1. The highest BCUT2D eigenvalue weighted by Gasteiger charge is 2.23. The quantitative estimate of drug-likeness (QED) is 0.666. The van der Waals surface area contributed by atoms with Crippen molar-refractivity contribution in [3.63, 3.8) is 0 Å². The van der Waals surface area contributed by atoms with E-state index < -0.39 is 0 Å². The molecule has 140 valence electrons. The molecule has 0 saturated carbocycles. The third-order valence-corrected chi connectivity index (χ3v) is 5.96. The molecule has 2 amide bonds. The van der Waals surface area contributed by atoms with Gasteiger partial charge in [0.1, 0.15) is 5.75 Å². The fourth-order valence-corrected chi connectivity index (χ4v) is 4.47. The Balaban J connectivity index is 1.62. The molecule has 0 saturated heterocycles. The molecule has 1 aliphatic rings. The van der Waals surface area contributed by atoms with Crippen LogP contribution in [0.25, 0.3) is 4.96 Å². The Morgan fingerprint density at radius 1 is 1.44 bits per heavy atom. The summed E-state index contributed by atoms with van der Waals surface area (Å²) >= 11 is 5.06. The number of halogens is 1. The summed E-state index contributed by atoms with van der Waals surface area (Å²) in [5, 5.41) is 2.73. The molecule has 1 aromatic carbocycles. The summed E-state index contributed by atoms with van der Waals surface area (Å²) in [5.41, 5.74) is 2.94. The molecule has 0 radical (unpaired) electrons. The Kier molecular flexibility index (Phi) is 4.43. The van der Waals surface area contributed by atoms with Gasteiger partial charge in [-0.2, -0.15) is 0 Å². The molecule has 0 spiro atoms. The van der Waals surface area contributed by atoms with Gasteiger partial charge in [0.05, 0.1) is 29.2 Å². The number of benzene rings is 1. The molecule has 3 heterocycles. The first-order valence-electron chi connectivity index (χ1n) is 8.29. The Hall–Kier alpha value is -2.39. The number of aryl methyl sites for hydroxylation is 2. The SMILES string of the molecule is Cc1cn2c(CN(C)C(=O)c3cc4c(cc3Br)NC(=O)CO4)c(C)nc2s1. The maximum Gasteiger partial charge on any atom is 0.262 e. The van der Waals surface area contributed by atoms with Crippen LogP contribution in [0.1, 0.15) is 26.6 Å². The van der Waals surface area contributed by atoms with Crippen LogP contribution in [0.15, 0.2) is 22.8 Å². The average molecular weight is 449 g/mol. The molecule has 3 aromatic rings. The van der Waals surface area contributed by atoms with Crippen LogP contribution in [0.2, 0.25) is 0 Å². The second kappa shape index (κ2) is 6.65. The van der Waals surface area contributed by atoms with E-state index in [9.17, 15) is 9.59 Å². The summed E-state index contributed by atoms with van der Waals surface area (Å²) in [4.78, 5) is 32.8. The van der Waals surface area contributed by atoms with Crippen LogP contribution >= 0.6 is 27.3 Å². The number of imidazole rings is 1. The maximum atomic E-state index is 13.0. The predicted molar refractivity (Wildman–Crippen MR) is 107 cm³/mol. The van der Waals surface area contributed by atoms with E-state index in [1.807, 2.05) is 24.4 Å². The number of rotatable bonds is 3. The molecule has 27 heavy (non-hydrogen) atoms. The number of ether oxygens (including phenoxy) is 1. The van der Waals surface area contributed by atoms with E-state index >= 15 is 0 Å². The van der Waals surface area contributed by atoms with Gasteiger partial charge in [0, 0.05) is 22.6 Å². The largest absolute Gasteiger partial charge is 0.482 e. The Morgan fingerprint density at radius 3 is 3.00 bits per heavy atom. The molecule has 9 heteroatoms. The molecule has 7 nitrogen and oxygen atoms in total. The van der Waals surface area contributed by atoms with Crippen LogP contribution in [0.3, 0.4) is 0 Å². The molecular formula is C18H17BrN4O3S. The highest BCUT2D eigenvalue weighted by molar-refractivity contribution is 9.10. The van der Waals surface area contributed by atoms with Gasteiger partial charge in [-0.15, -0.1) is 11.3 Å². The molecule has 4 rings (SSSR count). The summed E-state index contributed by atoms with van der Waals surface area (Å²) in [6.07, 6.45) is 2.04. The Bertz CT molecular complexity index is 1090. The highest BCUT2D eigenvalue weighted by atomic mass is 79.9. The minimum Gasteiger partial charge on any atom is -0.482 e. The van der Waals surface area contributed by atoms with E-state index in [-0.39, 0.29) is 18.4 Å². The number of fused-ring (bicyclic) bond motifs is 2. The fraction of sp³-hybridized carbons (Fsp3) is 0.278. The number of aromatic nitrogens is 2. The number of carbonyl (C=O) groups is 2. The molecule has 1 N–H and O–H groups in total. The highest BCUT2D eigenvalue weighted by Crippen LogP contribution is 2.34. The van der Waals surface area contributed by atoms with Gasteiger partial charge in [0.2, 0.25) is 0 Å². The van der Waals surface area contributed by atoms with E-state index in [2.05, 4.69) is 26.2 Å². The van der Waals surface area contributed by atoms with E-state index in [1.54, 1.807) is 35.4 Å². The summed E-state index contributed by atoms with van der Waals surface area (Å²) in [6.45, 7) is 4.37. The summed E-state index contributed by atoms with van der Waals surface area (Å²) in [5.74, 6) is 0.134. The monoisotopic (exact) mass is 448 g/mol. The normalized spacial score (nSPS) is 13.3. The van der Waals surface area contributed by atoms with Crippen LogP contribution in [0.4, 0.5) is 5.69 Å². The summed E-state index contributed by atoms with van der Waals surface area (Å²) in [7, 11) is 1.76. The van der Waals surface area contributed by atoms with Gasteiger partial charge in [0.25, 0.3) is 11.8 Å². The van der Waals surface area contributed by atoms with Gasteiger partial charge < -0.3 is 15.0 Å². The number of amides is 2. The number of thiazole rings is 1. The second-order valence-electron chi connectivity index (χ2n) is 6.46. The van der Waals surface area contributed by atoms with Gasteiger partial charge in [-0.1, -0.05) is 0 Å². The number of nitrogens with one attached hydrogen (secondary N) is 1. The van der Waals surface area contributed by atoms with Crippen molar-refractivity contribution in [2.75, 3.05) is 19.0 Å². The van der Waals surface area contributed by atoms with Crippen molar-refractivity contribution >= 4 is 49.7 Å². The van der Waals surface area contributed by atoms with Crippen molar-refractivity contribution in [2.45, 2.75) is 20.4 Å². The molecule has 0 atom stereocenters. The molecule has 0 bridgehead atoms. The lowest BCUT2D eigenvalue weighted by Gasteiger charge is -2.22. The first kappa shape index (κ1) is 18.0. The smallest absolute Gasteiger partial charge is 0.262 e. The fourth-order valence-electron chi connectivity index (χ4n) is 3.07. The van der Waals surface area contributed by atoms with E-state index in [0.29, 0.717) is 28.0 Å². The minimum absolute atomic E-state index is 0.0530. The lowest BCUT2D eigenvalue weighted by atomic mass is 10.1. The molecule has 0 fully saturated rings. The predicted octanol–water partition coefficient (Wildman–Crippen LogP) is 3.38. The maximum absolute atomic E-state index is 13.0. The zero-order valence-electron chi connectivity index (χ0n) is 15.0. The zero-order valence-corrected chi connectivity index (χ0v) is 17.4. The third kappa shape index (κ3) is 3.21. The van der Waals surface area contributed by atoms with Gasteiger partial charge in [-0.25, -0.2) is 4.98 Å². The van der Waals surface area contributed by atoms with E-state index in [0.717, 1.165) is 16.3 Å². The second-order valence-corrected chi connectivity index (χ2v) is 8.53. The topological polar surface area (TPSA) is 75.9 Å². The molecule has 1 aliphatic heterocycles. The number of nitrogens with zero attached hydrogens (tertiary/aromatic N) is 3. The number of hydrogen-bond donors (Lipinski definition) is 1. The van der Waals surface area contributed by atoms with Gasteiger partial charge in [0.15, 0.2) is 11.6 Å². The van der Waals surface area contributed by atoms with Crippen molar-refractivity contribution in [1.82, 2.24) is 14.3 Å². The number of carbonyl (C=O) groups excluding carboxylic acids is 2. The lowest BCUT2D eigenvalue weighted by Crippen LogP contribution is -2.29. The van der Waals surface area contributed by atoms with Crippen LogP contribution in [0, 0.1) is 13.8 Å². The van der Waals surface area contributed by atoms with Crippen LogP contribution in [-0.4, -0.2) is 39.8 Å². The van der Waals surface area contributed by atoms with Gasteiger partial charge in [-0.05, 0) is 41.9 Å². The first-order valence-corrected chi connectivity index (χ1v) is 9.90. The van der Waals surface area contributed by atoms with Gasteiger partial charge in [-0.3, -0.25) is 14.0 Å². The molecule has 2 aromatic heterocycles. The minimum atomic E-state index is -0.211. The number of hydrogen-bond acceptors (Lipinski definition) is 5. The summed E-state index contributed by atoms with van der Waals surface area (Å²) in [6, 6.07) is 3.35. The Morgan fingerprint density at radius 2 is 2.22 bits per heavy atom. The van der Waals surface area contributed by atoms with E-state index in [1.165, 1.54) is 4.88 Å². The van der Waals surface area contributed by atoms with Crippen molar-refractivity contribution < 1.29 is 14.3 Å². The average Bonchev–Trinajstić information content (AvgIpc) is 3.10. The first-order chi connectivity index (χ1) is 12.8. The molecule has 0 aliphatic carbocycles. The van der Waals surface area contributed by atoms with Crippen LogP contribution in [0.5, 0.6) is 5.75 Å². The van der Waals surface area contributed by atoms with Crippen LogP contribution < -0.4 is 10.1 Å². The zero-order chi connectivity index (χ0) is 19.3. The lowest BCUT2D eigenvalue weighted by molar-refractivity contribution is -0.118.